The second-order valence-corrected chi connectivity index (χ2v) is 0.700. The number of aldehydes is 1. The quantitative estimate of drug-likeness (QED) is 0.223. The predicted octanol–water partition coefficient (Wildman–Crippen LogP) is 0.0354. The molecule has 0 aromatic carbocycles. The van der Waals surface area contributed by atoms with Crippen LogP contribution >= 0.6 is 0 Å². The molecule has 0 aromatic heterocycles. The molecule has 0 spiro atoms. The van der Waals surface area contributed by atoms with Gasteiger partial charge in [0.05, 0.1) is 6.21 Å². The first kappa shape index (κ1) is 5.14. The SMILES string of the molecule is O=CCC=NO. The third-order valence-corrected chi connectivity index (χ3v) is 0.283. The molecule has 0 aliphatic carbocycles. The number of hydrogen-bond acceptors (Lipinski definition) is 3. The Morgan fingerprint density at radius 2 is 2.50 bits per heavy atom. The van der Waals surface area contributed by atoms with E-state index in [0.717, 1.165) is 6.21 Å². The fourth-order valence-corrected chi connectivity index (χ4v) is 0.0902. The van der Waals surface area contributed by atoms with Crippen LogP contribution in [0.25, 0.3) is 0 Å². The zero-order chi connectivity index (χ0) is 4.83. The van der Waals surface area contributed by atoms with Crippen molar-refractivity contribution in [2.45, 2.75) is 6.42 Å². The van der Waals surface area contributed by atoms with Gasteiger partial charge in [-0.1, -0.05) is 0 Å². The molecular formula is C3H5NO2. The molecule has 0 rings (SSSR count). The average molecular weight is 87.1 g/mol. The van der Waals surface area contributed by atoms with Crippen LogP contribution in [0.1, 0.15) is 6.42 Å². The van der Waals surface area contributed by atoms with E-state index < -0.39 is 0 Å². The first-order valence-corrected chi connectivity index (χ1v) is 1.51. The van der Waals surface area contributed by atoms with E-state index in [1.165, 1.54) is 0 Å². The Hall–Kier alpha value is -0.860. The second-order valence-electron chi connectivity index (χ2n) is 0.700. The monoisotopic (exact) mass is 87.0 g/mol. The third-order valence-electron chi connectivity index (χ3n) is 0.283. The first-order chi connectivity index (χ1) is 2.91. The number of hydrogen-bond donors (Lipinski definition) is 1. The first-order valence-electron chi connectivity index (χ1n) is 1.51. The molecule has 0 amide bonds. The number of carbonyl (C=O) groups is 1. The van der Waals surface area contributed by atoms with Gasteiger partial charge in [0, 0.05) is 6.42 Å². The van der Waals surface area contributed by atoms with Crippen LogP contribution in [0.2, 0.25) is 0 Å². The Bertz CT molecular complexity index is 59.8. The van der Waals surface area contributed by atoms with E-state index in [0.29, 0.717) is 6.29 Å². The summed E-state index contributed by atoms with van der Waals surface area (Å²) in [4.78, 5) is 9.36. The van der Waals surface area contributed by atoms with Crippen LogP contribution < -0.4 is 0 Å². The summed E-state index contributed by atoms with van der Waals surface area (Å²) in [5.74, 6) is 0. The van der Waals surface area contributed by atoms with Gasteiger partial charge < -0.3 is 10.0 Å². The summed E-state index contributed by atoms with van der Waals surface area (Å²) in [6, 6.07) is 0. The molecule has 0 aliphatic rings. The maximum Gasteiger partial charge on any atom is 0.125 e. The van der Waals surface area contributed by atoms with Gasteiger partial charge in [-0.05, 0) is 0 Å². The minimum absolute atomic E-state index is 0.191. The lowest BCUT2D eigenvalue weighted by molar-refractivity contribution is -0.106. The van der Waals surface area contributed by atoms with E-state index in [1.54, 1.807) is 0 Å². The predicted molar refractivity (Wildman–Crippen MR) is 21.0 cm³/mol. The molecule has 0 fully saturated rings. The normalized spacial score (nSPS) is 9.33. The van der Waals surface area contributed by atoms with E-state index in [9.17, 15) is 4.79 Å². The zero-order valence-corrected chi connectivity index (χ0v) is 3.16. The molecule has 0 radical (unpaired) electrons. The minimum atomic E-state index is 0.191. The van der Waals surface area contributed by atoms with Crippen LogP contribution in [0.15, 0.2) is 5.16 Å². The van der Waals surface area contributed by atoms with E-state index in [2.05, 4.69) is 5.16 Å². The van der Waals surface area contributed by atoms with Gasteiger partial charge in [-0.15, -0.1) is 5.16 Å². The van der Waals surface area contributed by atoms with Crippen LogP contribution in [0.5, 0.6) is 0 Å². The van der Waals surface area contributed by atoms with Crippen molar-refractivity contribution in [3.8, 4) is 0 Å². The molecule has 6 heavy (non-hydrogen) atoms. The Kier molecular flexibility index (Phi) is 3.55. The summed E-state index contributed by atoms with van der Waals surface area (Å²) in [7, 11) is 0. The van der Waals surface area contributed by atoms with Crippen LogP contribution in [0.3, 0.4) is 0 Å². The molecule has 34 valence electrons. The van der Waals surface area contributed by atoms with Gasteiger partial charge in [-0.2, -0.15) is 0 Å². The molecule has 3 heteroatoms. The highest BCUT2D eigenvalue weighted by atomic mass is 16.4. The summed E-state index contributed by atoms with van der Waals surface area (Å²) < 4.78 is 0. The maximum absolute atomic E-state index is 9.36. The van der Waals surface area contributed by atoms with Gasteiger partial charge in [-0.25, -0.2) is 0 Å². The molecule has 0 saturated heterocycles. The smallest absolute Gasteiger partial charge is 0.125 e. The molecule has 0 unspecified atom stereocenters. The molecule has 0 atom stereocenters. The molecular weight excluding hydrogens is 82.0 g/mol. The van der Waals surface area contributed by atoms with Crippen LogP contribution in [-0.2, 0) is 4.79 Å². The maximum atomic E-state index is 9.36. The van der Waals surface area contributed by atoms with E-state index in [1.807, 2.05) is 0 Å². The highest BCUT2D eigenvalue weighted by Gasteiger charge is 1.66. The van der Waals surface area contributed by atoms with E-state index in [4.69, 9.17) is 5.21 Å². The largest absolute Gasteiger partial charge is 0.411 e. The molecule has 0 aliphatic heterocycles. The summed E-state index contributed by atoms with van der Waals surface area (Å²) >= 11 is 0. The van der Waals surface area contributed by atoms with E-state index in [-0.39, 0.29) is 6.42 Å². The number of carbonyl (C=O) groups excluding carboxylic acids is 1. The standard InChI is InChI=1S/C3H5NO2/c5-3-1-2-4-6/h2-3,6H,1H2. The van der Waals surface area contributed by atoms with Crippen LogP contribution in [0.4, 0.5) is 0 Å². The minimum Gasteiger partial charge on any atom is -0.411 e. The van der Waals surface area contributed by atoms with Crippen molar-refractivity contribution >= 4 is 12.5 Å². The summed E-state index contributed by atoms with van der Waals surface area (Å²) in [5, 5.41) is 10.2. The van der Waals surface area contributed by atoms with Crippen LogP contribution in [-0.4, -0.2) is 17.7 Å². The lowest BCUT2D eigenvalue weighted by Crippen LogP contribution is -1.72. The molecule has 0 heterocycles. The van der Waals surface area contributed by atoms with Gasteiger partial charge in [0.15, 0.2) is 0 Å². The van der Waals surface area contributed by atoms with Gasteiger partial charge in [-0.3, -0.25) is 0 Å². The third kappa shape index (κ3) is 3.14. The Morgan fingerprint density at radius 3 is 2.67 bits per heavy atom. The van der Waals surface area contributed by atoms with Crippen molar-refractivity contribution in [3.63, 3.8) is 0 Å². The highest BCUT2D eigenvalue weighted by Crippen LogP contribution is 1.58. The fraction of sp³-hybridized carbons (Fsp3) is 0.333. The Morgan fingerprint density at radius 1 is 1.83 bits per heavy atom. The van der Waals surface area contributed by atoms with Crippen molar-refractivity contribution in [2.75, 3.05) is 0 Å². The molecule has 0 aromatic rings. The van der Waals surface area contributed by atoms with Crippen LogP contribution in [0, 0.1) is 0 Å². The fourth-order valence-electron chi connectivity index (χ4n) is 0.0902. The van der Waals surface area contributed by atoms with Crippen molar-refractivity contribution in [2.24, 2.45) is 5.16 Å². The van der Waals surface area contributed by atoms with Gasteiger partial charge in [0.2, 0.25) is 0 Å². The summed E-state index contributed by atoms with van der Waals surface area (Å²) in [6.45, 7) is 0. The van der Waals surface area contributed by atoms with Crippen molar-refractivity contribution < 1.29 is 10.0 Å². The van der Waals surface area contributed by atoms with Crippen molar-refractivity contribution in [1.82, 2.24) is 0 Å². The topological polar surface area (TPSA) is 49.7 Å². The summed E-state index contributed by atoms with van der Waals surface area (Å²) in [6.07, 6.45) is 1.96. The van der Waals surface area contributed by atoms with Gasteiger partial charge in [0.1, 0.15) is 6.29 Å². The average Bonchev–Trinajstić information content (AvgIpc) is 1.61. The zero-order valence-electron chi connectivity index (χ0n) is 3.16. The number of rotatable bonds is 2. The second kappa shape index (κ2) is 4.14. The van der Waals surface area contributed by atoms with Gasteiger partial charge in [0.25, 0.3) is 0 Å². The Labute approximate surface area is 35.3 Å². The molecule has 3 nitrogen and oxygen atoms in total. The van der Waals surface area contributed by atoms with Crippen molar-refractivity contribution in [3.05, 3.63) is 0 Å². The number of nitrogens with zero attached hydrogens (tertiary/aromatic N) is 1. The lowest BCUT2D eigenvalue weighted by Gasteiger charge is -1.65. The number of oxime groups is 1. The lowest BCUT2D eigenvalue weighted by atomic mass is 10.5. The molecule has 1 N–H and O–H groups in total. The highest BCUT2D eigenvalue weighted by molar-refractivity contribution is 5.75. The molecule has 0 saturated carbocycles. The summed E-state index contributed by atoms with van der Waals surface area (Å²) in [5.41, 5.74) is 0. The Balaban J connectivity index is 2.85. The molecule has 0 bridgehead atoms. The van der Waals surface area contributed by atoms with Gasteiger partial charge >= 0.3 is 0 Å². The van der Waals surface area contributed by atoms with Crippen molar-refractivity contribution in [1.29, 1.82) is 0 Å². The van der Waals surface area contributed by atoms with E-state index >= 15 is 0 Å².